The topological polar surface area (TPSA) is 73.7 Å². The summed E-state index contributed by atoms with van der Waals surface area (Å²) >= 11 is 1.29. The quantitative estimate of drug-likeness (QED) is 0.540. The van der Waals surface area contributed by atoms with Crippen molar-refractivity contribution in [2.24, 2.45) is 0 Å². The maximum absolute atomic E-state index is 13.6. The molecule has 1 atom stereocenters. The number of aliphatic hydroxyl groups excluding tert-OH is 1. The molecule has 0 saturated carbocycles. The third-order valence-electron chi connectivity index (χ3n) is 5.78. The van der Waals surface area contributed by atoms with Crippen LogP contribution in [0.1, 0.15) is 38.4 Å². The van der Waals surface area contributed by atoms with Gasteiger partial charge in [0.15, 0.2) is 5.76 Å². The number of hydrogen-bond acceptors (Lipinski definition) is 6. The lowest BCUT2D eigenvalue weighted by molar-refractivity contribution is -0.129. The molecule has 7 heteroatoms. The molecule has 1 aromatic heterocycles. The van der Waals surface area contributed by atoms with Gasteiger partial charge in [0.25, 0.3) is 5.91 Å². The van der Waals surface area contributed by atoms with E-state index in [-0.39, 0.29) is 11.4 Å². The van der Waals surface area contributed by atoms with Gasteiger partial charge in [0.05, 0.1) is 27.2 Å². The number of hydrogen-bond donors (Lipinski definition) is 1. The summed E-state index contributed by atoms with van der Waals surface area (Å²) in [6, 6.07) is 13.1. The van der Waals surface area contributed by atoms with Gasteiger partial charge in [-0.25, -0.2) is 4.98 Å². The molecule has 1 aliphatic heterocycles. The molecule has 6 nitrogen and oxygen atoms in total. The monoisotopic (exact) mass is 449 g/mol. The molecule has 4 rings (SSSR count). The Morgan fingerprint density at radius 3 is 2.56 bits per heavy atom. The number of fused-ring (bicyclic) bond motifs is 1. The first-order chi connectivity index (χ1) is 15.3. The molecular formula is C25H27N3O3S. The molecule has 3 aromatic rings. The molecule has 1 N–H and O–H groups in total. The molecule has 166 valence electrons. The van der Waals surface area contributed by atoms with Gasteiger partial charge in [0.1, 0.15) is 0 Å². The molecule has 2 aromatic carbocycles. The Balaban J connectivity index is 1.85. The van der Waals surface area contributed by atoms with Gasteiger partial charge >= 0.3 is 0 Å². The standard InChI is InChI=1S/C25H27N3O3S/c1-15-24(32-16(2)26-15)22(29)20-21(19-12-7-10-17-9-5-6-11-18(17)19)28(25(31)23(20)30)14-8-13-27(3)4/h5-7,9-12,21,30H,8,13-14H2,1-4H3. The van der Waals surface area contributed by atoms with E-state index in [0.717, 1.165) is 34.3 Å². The number of aliphatic hydroxyl groups is 1. The Morgan fingerprint density at radius 1 is 1.16 bits per heavy atom. The summed E-state index contributed by atoms with van der Waals surface area (Å²) < 4.78 is 0. The predicted molar refractivity (Wildman–Crippen MR) is 127 cm³/mol. The van der Waals surface area contributed by atoms with Crippen molar-refractivity contribution >= 4 is 33.8 Å². The zero-order valence-electron chi connectivity index (χ0n) is 18.8. The zero-order chi connectivity index (χ0) is 23.0. The second-order valence-electron chi connectivity index (χ2n) is 8.37. The lowest BCUT2D eigenvalue weighted by Gasteiger charge is -2.28. The van der Waals surface area contributed by atoms with E-state index in [0.29, 0.717) is 17.1 Å². The van der Waals surface area contributed by atoms with Gasteiger partial charge in [0.2, 0.25) is 5.78 Å². The Labute approximate surface area is 191 Å². The van der Waals surface area contributed by atoms with Gasteiger partial charge in [-0.3, -0.25) is 9.59 Å². The van der Waals surface area contributed by atoms with E-state index in [1.165, 1.54) is 11.3 Å². The molecule has 0 bridgehead atoms. The summed E-state index contributed by atoms with van der Waals surface area (Å²) in [6.45, 7) is 4.86. The fraction of sp³-hybridized carbons (Fsp3) is 0.320. The van der Waals surface area contributed by atoms with Crippen LogP contribution in [0.5, 0.6) is 0 Å². The second kappa shape index (κ2) is 8.84. The second-order valence-corrected chi connectivity index (χ2v) is 9.57. The molecule has 1 amide bonds. The first-order valence-electron chi connectivity index (χ1n) is 10.6. The molecule has 1 unspecified atom stereocenters. The number of ketones is 1. The molecule has 1 aliphatic rings. The number of amides is 1. The fourth-order valence-corrected chi connectivity index (χ4v) is 5.22. The van der Waals surface area contributed by atoms with Gasteiger partial charge < -0.3 is 14.9 Å². The van der Waals surface area contributed by atoms with E-state index in [1.807, 2.05) is 63.5 Å². The molecule has 2 heterocycles. The Morgan fingerprint density at radius 2 is 1.88 bits per heavy atom. The van der Waals surface area contributed by atoms with Crippen LogP contribution in [0.2, 0.25) is 0 Å². The average Bonchev–Trinajstić information content (AvgIpc) is 3.23. The van der Waals surface area contributed by atoms with Gasteiger partial charge in [-0.1, -0.05) is 42.5 Å². The summed E-state index contributed by atoms with van der Waals surface area (Å²) in [5.41, 5.74) is 1.60. The number of Topliss-reactive ketones (excluding diaryl/α,β-unsaturated/α-hetero) is 1. The van der Waals surface area contributed by atoms with E-state index in [4.69, 9.17) is 0 Å². The minimum Gasteiger partial charge on any atom is -0.503 e. The highest BCUT2D eigenvalue weighted by molar-refractivity contribution is 7.14. The van der Waals surface area contributed by atoms with Gasteiger partial charge in [-0.05, 0) is 57.2 Å². The molecule has 0 saturated heterocycles. The average molecular weight is 450 g/mol. The minimum atomic E-state index is -0.648. The van der Waals surface area contributed by atoms with E-state index in [1.54, 1.807) is 11.8 Å². The van der Waals surface area contributed by atoms with Gasteiger partial charge in [-0.15, -0.1) is 11.3 Å². The summed E-state index contributed by atoms with van der Waals surface area (Å²) in [7, 11) is 3.96. The van der Waals surface area contributed by atoms with Crippen LogP contribution in [-0.2, 0) is 4.79 Å². The van der Waals surface area contributed by atoms with Crippen molar-refractivity contribution in [2.75, 3.05) is 27.2 Å². The largest absolute Gasteiger partial charge is 0.503 e. The lowest BCUT2D eigenvalue weighted by atomic mass is 9.91. The Bertz CT molecular complexity index is 1220. The molecule has 0 radical (unpaired) electrons. The molecular weight excluding hydrogens is 422 g/mol. The summed E-state index contributed by atoms with van der Waals surface area (Å²) in [6.07, 6.45) is 0.730. The van der Waals surface area contributed by atoms with Crippen LogP contribution < -0.4 is 0 Å². The van der Waals surface area contributed by atoms with Gasteiger partial charge in [-0.2, -0.15) is 0 Å². The van der Waals surface area contributed by atoms with Crippen LogP contribution in [0, 0.1) is 13.8 Å². The number of aryl methyl sites for hydroxylation is 2. The number of carbonyl (C=O) groups is 2. The number of nitrogens with zero attached hydrogens (tertiary/aromatic N) is 3. The van der Waals surface area contributed by atoms with Crippen molar-refractivity contribution in [1.29, 1.82) is 0 Å². The number of aromatic nitrogens is 1. The van der Waals surface area contributed by atoms with E-state index >= 15 is 0 Å². The van der Waals surface area contributed by atoms with E-state index in [2.05, 4.69) is 9.88 Å². The van der Waals surface area contributed by atoms with Crippen molar-refractivity contribution < 1.29 is 14.7 Å². The molecule has 0 aliphatic carbocycles. The van der Waals surface area contributed by atoms with Crippen molar-refractivity contribution in [1.82, 2.24) is 14.8 Å². The third-order valence-corrected chi connectivity index (χ3v) is 6.85. The highest BCUT2D eigenvalue weighted by atomic mass is 32.1. The predicted octanol–water partition coefficient (Wildman–Crippen LogP) is 4.44. The number of rotatable bonds is 7. The maximum atomic E-state index is 13.6. The minimum absolute atomic E-state index is 0.142. The van der Waals surface area contributed by atoms with Crippen molar-refractivity contribution in [3.63, 3.8) is 0 Å². The van der Waals surface area contributed by atoms with Crippen LogP contribution in [-0.4, -0.2) is 58.8 Å². The maximum Gasteiger partial charge on any atom is 0.290 e. The third kappa shape index (κ3) is 3.94. The van der Waals surface area contributed by atoms with E-state index in [9.17, 15) is 14.7 Å². The van der Waals surface area contributed by atoms with Crippen LogP contribution in [0.4, 0.5) is 0 Å². The van der Waals surface area contributed by atoms with Gasteiger partial charge in [0, 0.05) is 6.54 Å². The van der Waals surface area contributed by atoms with Crippen LogP contribution in [0.3, 0.4) is 0 Å². The first kappa shape index (κ1) is 22.2. The fourth-order valence-electron chi connectivity index (χ4n) is 4.35. The van der Waals surface area contributed by atoms with Crippen molar-refractivity contribution in [3.8, 4) is 0 Å². The number of benzene rings is 2. The van der Waals surface area contributed by atoms with Crippen molar-refractivity contribution in [2.45, 2.75) is 26.3 Å². The molecule has 32 heavy (non-hydrogen) atoms. The SMILES string of the molecule is Cc1nc(C)c(C(=O)C2=C(O)C(=O)N(CCCN(C)C)C2c2cccc3ccccc23)s1. The number of thiazole rings is 1. The van der Waals surface area contributed by atoms with E-state index < -0.39 is 17.7 Å². The van der Waals surface area contributed by atoms with Crippen molar-refractivity contribution in [3.05, 3.63) is 74.9 Å². The zero-order valence-corrected chi connectivity index (χ0v) is 19.6. The van der Waals surface area contributed by atoms with Crippen LogP contribution in [0.15, 0.2) is 53.8 Å². The first-order valence-corrected chi connectivity index (χ1v) is 11.5. The summed E-state index contributed by atoms with van der Waals surface area (Å²) in [4.78, 5) is 35.4. The Kier molecular flexibility index (Phi) is 6.13. The highest BCUT2D eigenvalue weighted by Crippen LogP contribution is 2.42. The molecule has 0 fully saturated rings. The van der Waals surface area contributed by atoms with Crippen LogP contribution >= 0.6 is 11.3 Å². The summed E-state index contributed by atoms with van der Waals surface area (Å²) in [5, 5.41) is 13.7. The number of carbonyl (C=O) groups excluding carboxylic acids is 2. The summed E-state index contributed by atoms with van der Waals surface area (Å²) in [5.74, 6) is -1.28. The Hall–Kier alpha value is -3.03. The smallest absolute Gasteiger partial charge is 0.290 e. The normalized spacial score (nSPS) is 16.6. The molecule has 0 spiro atoms. The van der Waals surface area contributed by atoms with Crippen LogP contribution in [0.25, 0.3) is 10.8 Å². The highest BCUT2D eigenvalue weighted by Gasteiger charge is 2.44. The lowest BCUT2D eigenvalue weighted by Crippen LogP contribution is -2.33.